The first-order valence-corrected chi connectivity index (χ1v) is 6.05. The number of benzene rings is 1. The molecule has 2 aromatic rings. The van der Waals surface area contributed by atoms with Gasteiger partial charge in [-0.2, -0.15) is 0 Å². The number of alkyl halides is 1. The molecule has 0 aliphatic heterocycles. The second-order valence-electron chi connectivity index (χ2n) is 4.16. The second kappa shape index (κ2) is 4.66. The molecule has 0 bridgehead atoms. The number of anilines is 1. The fourth-order valence-electron chi connectivity index (χ4n) is 1.88. The minimum atomic E-state index is -1.17. The third kappa shape index (κ3) is 2.21. The lowest BCUT2D eigenvalue weighted by Crippen LogP contribution is -2.08. The minimum absolute atomic E-state index is 0.0832. The highest BCUT2D eigenvalue weighted by Gasteiger charge is 2.17. The summed E-state index contributed by atoms with van der Waals surface area (Å²) in [7, 11) is 0. The van der Waals surface area contributed by atoms with E-state index in [9.17, 15) is 8.78 Å². The van der Waals surface area contributed by atoms with Crippen LogP contribution in [-0.4, -0.2) is 11.3 Å². The summed E-state index contributed by atoms with van der Waals surface area (Å²) in [4.78, 5) is 0. The van der Waals surface area contributed by atoms with Gasteiger partial charge in [0.15, 0.2) is 11.6 Å². The van der Waals surface area contributed by atoms with Gasteiger partial charge in [0.2, 0.25) is 5.58 Å². The van der Waals surface area contributed by atoms with Crippen molar-refractivity contribution < 1.29 is 13.3 Å². The maximum absolute atomic E-state index is 13.4. The summed E-state index contributed by atoms with van der Waals surface area (Å²) in [5.74, 6) is -0.105. The van der Waals surface area contributed by atoms with Gasteiger partial charge in [-0.3, -0.25) is 0 Å². The first-order chi connectivity index (χ1) is 9.15. The van der Waals surface area contributed by atoms with E-state index < -0.39 is 12.0 Å². The summed E-state index contributed by atoms with van der Waals surface area (Å²) in [6.07, 6.45) is 2.17. The van der Waals surface area contributed by atoms with E-state index in [1.54, 1.807) is 18.2 Å². The maximum atomic E-state index is 13.4. The molecule has 1 atom stereocenters. The van der Waals surface area contributed by atoms with Crippen molar-refractivity contribution in [1.29, 1.82) is 0 Å². The highest BCUT2D eigenvalue weighted by molar-refractivity contribution is 6.30. The number of halogens is 3. The molecule has 0 fully saturated rings. The molecule has 1 unspecified atom stereocenters. The van der Waals surface area contributed by atoms with Gasteiger partial charge in [0.1, 0.15) is 6.17 Å². The average molecular weight is 283 g/mol. The fraction of sp³-hybridized carbons (Fsp3) is 0.154. The number of hydrogen-bond donors (Lipinski definition) is 1. The first-order valence-electron chi connectivity index (χ1n) is 5.67. The molecule has 0 saturated heterocycles. The van der Waals surface area contributed by atoms with Crippen molar-refractivity contribution in [2.45, 2.75) is 12.6 Å². The fourth-order valence-corrected chi connectivity index (χ4v) is 2.09. The highest BCUT2D eigenvalue weighted by atomic mass is 35.5. The van der Waals surface area contributed by atoms with E-state index in [1.165, 1.54) is 12.1 Å². The summed E-state index contributed by atoms with van der Waals surface area (Å²) >= 11 is 5.75. The zero-order chi connectivity index (χ0) is 13.4. The Hall–Kier alpha value is -1.88. The molecule has 3 rings (SSSR count). The summed E-state index contributed by atoms with van der Waals surface area (Å²) < 4.78 is 31.5. The number of nitrogens with zero attached hydrogens (tertiary/aromatic N) is 1. The summed E-state index contributed by atoms with van der Waals surface area (Å²) in [6.45, 7) is 0. The molecule has 0 radical (unpaired) electrons. The molecule has 1 aliphatic rings. The quantitative estimate of drug-likeness (QED) is 0.900. The van der Waals surface area contributed by atoms with Crippen molar-refractivity contribution in [2.24, 2.45) is 0 Å². The van der Waals surface area contributed by atoms with Crippen LogP contribution >= 0.6 is 11.6 Å². The number of allylic oxidation sites excluding steroid dienone is 3. The molecule has 3 nitrogen and oxygen atoms in total. The molecule has 1 heterocycles. The van der Waals surface area contributed by atoms with Gasteiger partial charge in [0, 0.05) is 12.1 Å². The van der Waals surface area contributed by atoms with E-state index in [0.717, 1.165) is 0 Å². The van der Waals surface area contributed by atoms with Gasteiger partial charge in [0.05, 0.1) is 10.4 Å². The van der Waals surface area contributed by atoms with Gasteiger partial charge in [-0.1, -0.05) is 28.9 Å². The van der Waals surface area contributed by atoms with Crippen LogP contribution in [0.5, 0.6) is 0 Å². The number of para-hydroxylation sites is 1. The van der Waals surface area contributed by atoms with Crippen molar-refractivity contribution in [2.75, 3.05) is 5.32 Å². The molecule has 0 spiro atoms. The van der Waals surface area contributed by atoms with Gasteiger partial charge < -0.3 is 9.84 Å². The molecule has 98 valence electrons. The number of rotatable bonds is 2. The van der Waals surface area contributed by atoms with Crippen LogP contribution in [0.1, 0.15) is 6.42 Å². The molecule has 19 heavy (non-hydrogen) atoms. The highest BCUT2D eigenvalue weighted by Crippen LogP contribution is 2.28. The lowest BCUT2D eigenvalue weighted by atomic mass is 10.1. The van der Waals surface area contributed by atoms with Crippen molar-refractivity contribution in [3.05, 3.63) is 46.9 Å². The minimum Gasteiger partial charge on any atom is -0.351 e. The Labute approximate surface area is 112 Å². The lowest BCUT2D eigenvalue weighted by Gasteiger charge is -2.13. The Balaban J connectivity index is 1.93. The van der Waals surface area contributed by atoms with Crippen LogP contribution in [0.15, 0.2) is 45.6 Å². The Morgan fingerprint density at radius 1 is 1.42 bits per heavy atom. The van der Waals surface area contributed by atoms with E-state index in [-0.39, 0.29) is 17.0 Å². The van der Waals surface area contributed by atoms with Crippen LogP contribution < -0.4 is 5.32 Å². The molecule has 0 saturated carbocycles. The Morgan fingerprint density at radius 2 is 2.26 bits per heavy atom. The summed E-state index contributed by atoms with van der Waals surface area (Å²) in [5, 5.41) is 7.36. The van der Waals surface area contributed by atoms with Crippen LogP contribution in [0.3, 0.4) is 0 Å². The number of hydrogen-bond acceptors (Lipinski definition) is 3. The Kier molecular flexibility index (Phi) is 2.98. The third-order valence-corrected chi connectivity index (χ3v) is 3.20. The molecule has 1 aliphatic carbocycles. The largest absolute Gasteiger partial charge is 0.351 e. The van der Waals surface area contributed by atoms with Crippen LogP contribution in [-0.2, 0) is 0 Å². The van der Waals surface area contributed by atoms with E-state index in [4.69, 9.17) is 16.1 Å². The topological polar surface area (TPSA) is 38.1 Å². The van der Waals surface area contributed by atoms with Gasteiger partial charge in [-0.15, -0.1) is 0 Å². The number of aromatic nitrogens is 1. The zero-order valence-corrected chi connectivity index (χ0v) is 10.4. The van der Waals surface area contributed by atoms with Gasteiger partial charge in [-0.25, -0.2) is 8.78 Å². The van der Waals surface area contributed by atoms with E-state index >= 15 is 0 Å². The molecule has 1 aromatic heterocycles. The van der Waals surface area contributed by atoms with Crippen LogP contribution in [0.2, 0.25) is 0 Å². The SMILES string of the molecule is Fc1cccc2c(NC3=CCC(F)C(Cl)=C3)noc12. The molecule has 1 aromatic carbocycles. The average Bonchev–Trinajstić information content (AvgIpc) is 2.79. The normalized spacial score (nSPS) is 19.2. The molecule has 6 heteroatoms. The van der Waals surface area contributed by atoms with E-state index in [2.05, 4.69) is 10.5 Å². The van der Waals surface area contributed by atoms with E-state index in [0.29, 0.717) is 16.9 Å². The summed E-state index contributed by atoms with van der Waals surface area (Å²) in [6, 6.07) is 4.54. The molecule has 1 N–H and O–H groups in total. The Bertz CT molecular complexity index is 693. The van der Waals surface area contributed by atoms with E-state index in [1.807, 2.05) is 0 Å². The smallest absolute Gasteiger partial charge is 0.204 e. The predicted octanol–water partition coefficient (Wildman–Crippen LogP) is 4.13. The molecule has 0 amide bonds. The number of nitrogens with one attached hydrogen (secondary N) is 1. The lowest BCUT2D eigenvalue weighted by molar-refractivity contribution is 0.394. The van der Waals surface area contributed by atoms with Crippen molar-refractivity contribution in [3.63, 3.8) is 0 Å². The maximum Gasteiger partial charge on any atom is 0.204 e. The predicted molar refractivity (Wildman–Crippen MR) is 69.1 cm³/mol. The van der Waals surface area contributed by atoms with Crippen LogP contribution in [0.25, 0.3) is 11.0 Å². The van der Waals surface area contributed by atoms with Gasteiger partial charge in [0.25, 0.3) is 0 Å². The Morgan fingerprint density at radius 3 is 3.05 bits per heavy atom. The van der Waals surface area contributed by atoms with Crippen LogP contribution in [0, 0.1) is 5.82 Å². The summed E-state index contributed by atoms with van der Waals surface area (Å²) in [5.41, 5.74) is 0.693. The standard InChI is InChI=1S/C13H9ClF2N2O/c14-9-6-7(4-5-10(9)15)17-13-8-2-1-3-11(16)12(8)19-18-13/h1-4,6,10H,5H2,(H,17,18). The second-order valence-corrected chi connectivity index (χ2v) is 4.60. The monoisotopic (exact) mass is 282 g/mol. The van der Waals surface area contributed by atoms with Crippen molar-refractivity contribution in [1.82, 2.24) is 5.16 Å². The first kappa shape index (κ1) is 12.2. The zero-order valence-electron chi connectivity index (χ0n) is 9.66. The van der Waals surface area contributed by atoms with Crippen LogP contribution in [0.4, 0.5) is 14.6 Å². The molecular formula is C13H9ClF2N2O. The number of fused-ring (bicyclic) bond motifs is 1. The van der Waals surface area contributed by atoms with Gasteiger partial charge >= 0.3 is 0 Å². The van der Waals surface area contributed by atoms with Crippen molar-refractivity contribution >= 4 is 28.4 Å². The molecular weight excluding hydrogens is 274 g/mol. The van der Waals surface area contributed by atoms with Gasteiger partial charge in [-0.05, 0) is 18.2 Å². The van der Waals surface area contributed by atoms with Crippen molar-refractivity contribution in [3.8, 4) is 0 Å². The third-order valence-electron chi connectivity index (χ3n) is 2.85.